The third-order valence-corrected chi connectivity index (χ3v) is 0.940. The lowest BCUT2D eigenvalue weighted by Crippen LogP contribution is -1.66. The molecule has 1 aromatic rings. The zero-order valence-electron chi connectivity index (χ0n) is 4.46. The maximum absolute atomic E-state index is 5.10. The van der Waals surface area contributed by atoms with E-state index in [2.05, 4.69) is 5.92 Å². The first-order chi connectivity index (χ1) is 3.93. The molecule has 1 rings (SSSR count). The summed E-state index contributed by atoms with van der Waals surface area (Å²) in [6.45, 7) is 0. The van der Waals surface area contributed by atoms with Gasteiger partial charge in [-0.3, -0.25) is 0 Å². The lowest BCUT2D eigenvalue weighted by Gasteiger charge is -1.82. The molecule has 0 fully saturated rings. The van der Waals surface area contributed by atoms with E-state index in [-0.39, 0.29) is 11.0 Å². The minimum absolute atomic E-state index is 0. The first-order valence-corrected chi connectivity index (χ1v) is 2.45. The minimum atomic E-state index is 0. The van der Waals surface area contributed by atoms with Crippen molar-refractivity contribution in [3.8, 4) is 12.3 Å². The molecule has 0 amide bonds. The van der Waals surface area contributed by atoms with E-state index in [4.69, 9.17) is 6.42 Å². The van der Waals surface area contributed by atoms with Gasteiger partial charge in [0.2, 0.25) is 0 Å². The number of rotatable bonds is 0. The van der Waals surface area contributed by atoms with E-state index in [1.807, 2.05) is 30.3 Å². The molecule has 0 atom stereocenters. The highest BCUT2D eigenvalue weighted by atomic mass is 28.1. The van der Waals surface area contributed by atoms with Crippen molar-refractivity contribution >= 4 is 11.0 Å². The van der Waals surface area contributed by atoms with E-state index < -0.39 is 0 Å². The zero-order valence-corrected chi connectivity index (χ0v) is 4.46. The Morgan fingerprint density at radius 1 is 1.11 bits per heavy atom. The molecule has 0 bridgehead atoms. The van der Waals surface area contributed by atoms with Crippen LogP contribution in [0.5, 0.6) is 0 Å². The largest absolute Gasteiger partial charge is 0.115 e. The molecular formula is C8H10Si. The molecule has 0 N–H and O–H groups in total. The molecule has 0 saturated heterocycles. The third kappa shape index (κ3) is 2.16. The van der Waals surface area contributed by atoms with Crippen molar-refractivity contribution in [1.29, 1.82) is 0 Å². The first-order valence-electron chi connectivity index (χ1n) is 2.45. The van der Waals surface area contributed by atoms with Crippen molar-refractivity contribution in [1.82, 2.24) is 0 Å². The topological polar surface area (TPSA) is 0 Å². The fourth-order valence-corrected chi connectivity index (χ4v) is 0.534. The summed E-state index contributed by atoms with van der Waals surface area (Å²) in [6.07, 6.45) is 5.10. The Kier molecular flexibility index (Phi) is 3.50. The Morgan fingerprint density at radius 2 is 1.67 bits per heavy atom. The first kappa shape index (κ1) is 8.00. The fraction of sp³-hybridized carbons (Fsp3) is 0. The molecule has 0 aliphatic rings. The fourth-order valence-electron chi connectivity index (χ4n) is 0.534. The van der Waals surface area contributed by atoms with E-state index in [1.54, 1.807) is 0 Å². The van der Waals surface area contributed by atoms with Gasteiger partial charge in [0.15, 0.2) is 0 Å². The highest BCUT2D eigenvalue weighted by Gasteiger charge is 1.76. The summed E-state index contributed by atoms with van der Waals surface area (Å²) in [5.41, 5.74) is 0.938. The highest BCUT2D eigenvalue weighted by molar-refractivity contribution is 5.75. The highest BCUT2D eigenvalue weighted by Crippen LogP contribution is 1.92. The molecule has 0 saturated carbocycles. The van der Waals surface area contributed by atoms with Crippen LogP contribution in [-0.4, -0.2) is 11.0 Å². The van der Waals surface area contributed by atoms with Gasteiger partial charge in [-0.2, -0.15) is 0 Å². The predicted molar refractivity (Wildman–Crippen MR) is 45.7 cm³/mol. The van der Waals surface area contributed by atoms with Gasteiger partial charge in [0.1, 0.15) is 0 Å². The summed E-state index contributed by atoms with van der Waals surface area (Å²) >= 11 is 0. The summed E-state index contributed by atoms with van der Waals surface area (Å²) in [4.78, 5) is 0. The Hall–Kier alpha value is -1.00. The molecule has 0 nitrogen and oxygen atoms in total. The van der Waals surface area contributed by atoms with Crippen molar-refractivity contribution in [2.75, 3.05) is 0 Å². The van der Waals surface area contributed by atoms with Crippen LogP contribution in [0.2, 0.25) is 0 Å². The van der Waals surface area contributed by atoms with Crippen molar-refractivity contribution < 1.29 is 0 Å². The second kappa shape index (κ2) is 3.93. The van der Waals surface area contributed by atoms with Crippen LogP contribution in [0.15, 0.2) is 30.3 Å². The van der Waals surface area contributed by atoms with Gasteiger partial charge in [-0.25, -0.2) is 0 Å². The van der Waals surface area contributed by atoms with Gasteiger partial charge in [-0.1, -0.05) is 24.1 Å². The molecule has 0 unspecified atom stereocenters. The van der Waals surface area contributed by atoms with Gasteiger partial charge < -0.3 is 0 Å². The van der Waals surface area contributed by atoms with E-state index in [1.165, 1.54) is 0 Å². The van der Waals surface area contributed by atoms with E-state index in [0.717, 1.165) is 5.56 Å². The third-order valence-electron chi connectivity index (χ3n) is 0.940. The monoisotopic (exact) mass is 134 g/mol. The molecule has 0 heterocycles. The van der Waals surface area contributed by atoms with Gasteiger partial charge in [-0.15, -0.1) is 6.42 Å². The molecule has 0 aliphatic heterocycles. The summed E-state index contributed by atoms with van der Waals surface area (Å²) in [5.74, 6) is 2.53. The average molecular weight is 134 g/mol. The Labute approximate surface area is 59.9 Å². The standard InChI is InChI=1S/C8H6.H4Si/c1-2-8-6-4-3-5-7-8;/h1,3-7H;1H4. The Balaban J connectivity index is 0.000000640. The molecule has 9 heavy (non-hydrogen) atoms. The summed E-state index contributed by atoms with van der Waals surface area (Å²) < 4.78 is 0. The number of hydrogen-bond acceptors (Lipinski definition) is 0. The maximum Gasteiger partial charge on any atom is 0.0242 e. The van der Waals surface area contributed by atoms with Crippen LogP contribution in [0.25, 0.3) is 0 Å². The average Bonchev–Trinajstić information content (AvgIpc) is 1.90. The van der Waals surface area contributed by atoms with Gasteiger partial charge in [0.05, 0.1) is 0 Å². The van der Waals surface area contributed by atoms with Gasteiger partial charge in [0, 0.05) is 5.56 Å². The second-order valence-electron chi connectivity index (χ2n) is 1.51. The van der Waals surface area contributed by atoms with Crippen LogP contribution in [0.1, 0.15) is 5.56 Å². The van der Waals surface area contributed by atoms with Gasteiger partial charge >= 0.3 is 0 Å². The van der Waals surface area contributed by atoms with E-state index in [0.29, 0.717) is 0 Å². The van der Waals surface area contributed by atoms with Crippen LogP contribution in [0.3, 0.4) is 0 Å². The zero-order chi connectivity index (χ0) is 5.82. The smallest absolute Gasteiger partial charge is 0.0242 e. The van der Waals surface area contributed by atoms with Gasteiger partial charge in [0.25, 0.3) is 0 Å². The SMILES string of the molecule is C#Cc1ccccc1.[SiH4]. The van der Waals surface area contributed by atoms with E-state index in [9.17, 15) is 0 Å². The lowest BCUT2D eigenvalue weighted by atomic mass is 10.2. The van der Waals surface area contributed by atoms with Crippen molar-refractivity contribution in [3.63, 3.8) is 0 Å². The maximum atomic E-state index is 5.10. The van der Waals surface area contributed by atoms with E-state index >= 15 is 0 Å². The summed E-state index contributed by atoms with van der Waals surface area (Å²) in [7, 11) is 0. The van der Waals surface area contributed by atoms with Crippen LogP contribution < -0.4 is 0 Å². The van der Waals surface area contributed by atoms with Gasteiger partial charge in [-0.05, 0) is 23.1 Å². The molecular weight excluding hydrogens is 124 g/mol. The van der Waals surface area contributed by atoms with Crippen molar-refractivity contribution in [2.24, 2.45) is 0 Å². The molecule has 0 aromatic heterocycles. The Morgan fingerprint density at radius 3 is 2.00 bits per heavy atom. The molecule has 46 valence electrons. The predicted octanol–water partition coefficient (Wildman–Crippen LogP) is 0.216. The molecule has 0 aliphatic carbocycles. The quantitative estimate of drug-likeness (QED) is 0.352. The summed E-state index contributed by atoms with van der Waals surface area (Å²) in [6, 6.07) is 9.60. The molecule has 0 spiro atoms. The summed E-state index contributed by atoms with van der Waals surface area (Å²) in [5, 5.41) is 0. The number of terminal acetylenes is 1. The Bertz CT molecular complexity index is 196. The van der Waals surface area contributed by atoms with Crippen LogP contribution in [0, 0.1) is 12.3 Å². The van der Waals surface area contributed by atoms with Crippen LogP contribution in [-0.2, 0) is 0 Å². The van der Waals surface area contributed by atoms with Crippen molar-refractivity contribution in [2.45, 2.75) is 0 Å². The van der Waals surface area contributed by atoms with Crippen LogP contribution in [0.4, 0.5) is 0 Å². The normalized spacial score (nSPS) is 7.00. The molecule has 0 radical (unpaired) electrons. The lowest BCUT2D eigenvalue weighted by molar-refractivity contribution is 1.65. The minimum Gasteiger partial charge on any atom is -0.115 e. The molecule has 1 aromatic carbocycles. The second-order valence-corrected chi connectivity index (χ2v) is 1.51. The molecule has 1 heteroatoms. The number of hydrogen-bond donors (Lipinski definition) is 0. The van der Waals surface area contributed by atoms with Crippen molar-refractivity contribution in [3.05, 3.63) is 35.9 Å². The number of benzene rings is 1. The van der Waals surface area contributed by atoms with Crippen LogP contribution >= 0.6 is 0 Å².